The molecule has 19 heavy (non-hydrogen) atoms. The maximum absolute atomic E-state index is 9.19. The Morgan fingerprint density at radius 1 is 1.32 bits per heavy atom. The number of benzene rings is 1. The summed E-state index contributed by atoms with van der Waals surface area (Å²) < 4.78 is 7.05. The van der Waals surface area contributed by atoms with E-state index in [1.807, 2.05) is 35.9 Å². The molecule has 0 radical (unpaired) electrons. The molecule has 2 aromatic heterocycles. The van der Waals surface area contributed by atoms with Crippen molar-refractivity contribution in [2.75, 3.05) is 0 Å². The van der Waals surface area contributed by atoms with Crippen molar-refractivity contribution < 1.29 is 9.63 Å². The van der Waals surface area contributed by atoms with Crippen molar-refractivity contribution in [2.24, 2.45) is 0 Å². The number of hydrogen-bond acceptors (Lipinski definition) is 4. The van der Waals surface area contributed by atoms with E-state index < -0.39 is 0 Å². The van der Waals surface area contributed by atoms with Gasteiger partial charge in [0.1, 0.15) is 0 Å². The summed E-state index contributed by atoms with van der Waals surface area (Å²) in [4.78, 5) is 4.03. The second-order valence-electron chi connectivity index (χ2n) is 4.43. The molecule has 1 aromatic carbocycles. The Morgan fingerprint density at radius 3 is 2.84 bits per heavy atom. The standard InChI is InChI=1S/C14H13N3O2/c1-10-6-11(13-7-14(18)16-19-13)2-3-12(10)8-17-5-4-15-9-17/h2-7,9H,8H2,1H3,(H,16,18). The van der Waals surface area contributed by atoms with Gasteiger partial charge in [-0.2, -0.15) is 0 Å². The molecule has 0 aliphatic rings. The number of nitrogens with zero attached hydrogens (tertiary/aromatic N) is 3. The lowest BCUT2D eigenvalue weighted by Crippen LogP contribution is -1.98. The largest absolute Gasteiger partial charge is 0.491 e. The van der Waals surface area contributed by atoms with E-state index in [1.165, 1.54) is 11.6 Å². The van der Waals surface area contributed by atoms with E-state index in [9.17, 15) is 5.11 Å². The van der Waals surface area contributed by atoms with E-state index in [-0.39, 0.29) is 5.88 Å². The third-order valence-electron chi connectivity index (χ3n) is 3.04. The van der Waals surface area contributed by atoms with Crippen LogP contribution in [0.1, 0.15) is 11.1 Å². The molecule has 0 saturated carbocycles. The zero-order valence-corrected chi connectivity index (χ0v) is 10.4. The van der Waals surface area contributed by atoms with Gasteiger partial charge in [-0.25, -0.2) is 4.98 Å². The second kappa shape index (κ2) is 4.61. The topological polar surface area (TPSA) is 64.1 Å². The number of imidazole rings is 1. The Morgan fingerprint density at radius 2 is 2.21 bits per heavy atom. The SMILES string of the molecule is Cc1cc(-c2cc(O)no2)ccc1Cn1ccnc1. The zero-order chi connectivity index (χ0) is 13.2. The van der Waals surface area contributed by atoms with Gasteiger partial charge in [-0.15, -0.1) is 0 Å². The van der Waals surface area contributed by atoms with Crippen molar-refractivity contribution in [1.29, 1.82) is 0 Å². The smallest absolute Gasteiger partial charge is 0.252 e. The first-order chi connectivity index (χ1) is 9.22. The molecule has 0 saturated heterocycles. The maximum atomic E-state index is 9.19. The van der Waals surface area contributed by atoms with Crippen molar-refractivity contribution in [3.8, 4) is 17.2 Å². The van der Waals surface area contributed by atoms with E-state index in [1.54, 1.807) is 12.5 Å². The van der Waals surface area contributed by atoms with Crippen molar-refractivity contribution in [1.82, 2.24) is 14.7 Å². The summed E-state index contributed by atoms with van der Waals surface area (Å²) in [7, 11) is 0. The fourth-order valence-electron chi connectivity index (χ4n) is 2.01. The third-order valence-corrected chi connectivity index (χ3v) is 3.04. The molecule has 0 atom stereocenters. The van der Waals surface area contributed by atoms with Gasteiger partial charge in [0, 0.05) is 30.6 Å². The second-order valence-corrected chi connectivity index (χ2v) is 4.43. The van der Waals surface area contributed by atoms with Gasteiger partial charge in [0.05, 0.1) is 6.33 Å². The Bertz CT molecular complexity index is 687. The van der Waals surface area contributed by atoms with Crippen LogP contribution in [0, 0.1) is 6.92 Å². The summed E-state index contributed by atoms with van der Waals surface area (Å²) in [6.45, 7) is 2.83. The first-order valence-electron chi connectivity index (χ1n) is 5.94. The van der Waals surface area contributed by atoms with Crippen molar-refractivity contribution in [3.05, 3.63) is 54.1 Å². The predicted octanol–water partition coefficient (Wildman–Crippen LogP) is 2.60. The first-order valence-corrected chi connectivity index (χ1v) is 5.94. The molecule has 1 N–H and O–H groups in total. The number of aromatic hydroxyl groups is 1. The Kier molecular flexibility index (Phi) is 2.79. The van der Waals surface area contributed by atoms with Crippen LogP contribution in [-0.4, -0.2) is 19.8 Å². The molecule has 0 aliphatic heterocycles. The van der Waals surface area contributed by atoms with E-state index >= 15 is 0 Å². The summed E-state index contributed by atoms with van der Waals surface area (Å²) in [5, 5.41) is 12.7. The van der Waals surface area contributed by atoms with Crippen LogP contribution < -0.4 is 0 Å². The normalized spacial score (nSPS) is 10.8. The van der Waals surface area contributed by atoms with Gasteiger partial charge in [0.15, 0.2) is 5.76 Å². The molecule has 0 spiro atoms. The molecule has 0 amide bonds. The lowest BCUT2D eigenvalue weighted by molar-refractivity contribution is 0.365. The lowest BCUT2D eigenvalue weighted by atomic mass is 10.0. The quantitative estimate of drug-likeness (QED) is 0.781. The van der Waals surface area contributed by atoms with Gasteiger partial charge in [-0.1, -0.05) is 12.1 Å². The summed E-state index contributed by atoms with van der Waals surface area (Å²) in [6.07, 6.45) is 5.49. The summed E-state index contributed by atoms with van der Waals surface area (Å²) in [5.41, 5.74) is 3.27. The van der Waals surface area contributed by atoms with Crippen LogP contribution in [0.15, 0.2) is 47.5 Å². The van der Waals surface area contributed by atoms with E-state index in [0.29, 0.717) is 5.76 Å². The molecule has 3 rings (SSSR count). The van der Waals surface area contributed by atoms with Crippen LogP contribution in [0.25, 0.3) is 11.3 Å². The molecule has 2 heterocycles. The van der Waals surface area contributed by atoms with E-state index in [2.05, 4.69) is 10.1 Å². The minimum absolute atomic E-state index is 0.102. The average Bonchev–Trinajstić information content (AvgIpc) is 3.03. The van der Waals surface area contributed by atoms with Crippen molar-refractivity contribution in [2.45, 2.75) is 13.5 Å². The summed E-state index contributed by atoms with van der Waals surface area (Å²) in [6, 6.07) is 7.53. The molecule has 5 heteroatoms. The third kappa shape index (κ3) is 2.35. The monoisotopic (exact) mass is 255 g/mol. The van der Waals surface area contributed by atoms with Crippen LogP contribution in [0.4, 0.5) is 0 Å². The fraction of sp³-hybridized carbons (Fsp3) is 0.143. The highest BCUT2D eigenvalue weighted by atomic mass is 16.5. The van der Waals surface area contributed by atoms with Crippen LogP contribution in [0.2, 0.25) is 0 Å². The molecule has 3 aromatic rings. The van der Waals surface area contributed by atoms with E-state index in [4.69, 9.17) is 4.52 Å². The molecular formula is C14H13N3O2. The highest BCUT2D eigenvalue weighted by Gasteiger charge is 2.08. The van der Waals surface area contributed by atoms with Gasteiger partial charge < -0.3 is 14.2 Å². The van der Waals surface area contributed by atoms with Gasteiger partial charge in [0.25, 0.3) is 5.88 Å². The highest BCUT2D eigenvalue weighted by Crippen LogP contribution is 2.25. The molecule has 0 unspecified atom stereocenters. The summed E-state index contributed by atoms with van der Waals surface area (Å²) >= 11 is 0. The molecular weight excluding hydrogens is 242 g/mol. The van der Waals surface area contributed by atoms with Gasteiger partial charge in [-0.3, -0.25) is 0 Å². The molecule has 0 aliphatic carbocycles. The van der Waals surface area contributed by atoms with Gasteiger partial charge >= 0.3 is 0 Å². The van der Waals surface area contributed by atoms with Crippen LogP contribution >= 0.6 is 0 Å². The van der Waals surface area contributed by atoms with Crippen LogP contribution in [0.5, 0.6) is 5.88 Å². The predicted molar refractivity (Wildman–Crippen MR) is 69.7 cm³/mol. The Hall–Kier alpha value is -2.56. The van der Waals surface area contributed by atoms with E-state index in [0.717, 1.165) is 17.7 Å². The molecule has 0 fully saturated rings. The van der Waals surface area contributed by atoms with Gasteiger partial charge in [-0.05, 0) is 29.3 Å². The molecule has 5 nitrogen and oxygen atoms in total. The number of aryl methyl sites for hydroxylation is 1. The van der Waals surface area contributed by atoms with Crippen LogP contribution in [-0.2, 0) is 6.54 Å². The molecule has 96 valence electrons. The minimum atomic E-state index is -0.102. The lowest BCUT2D eigenvalue weighted by Gasteiger charge is -2.07. The maximum Gasteiger partial charge on any atom is 0.252 e. The number of rotatable bonds is 3. The number of aromatic nitrogens is 3. The number of hydrogen-bond donors (Lipinski definition) is 1. The zero-order valence-electron chi connectivity index (χ0n) is 10.4. The average molecular weight is 255 g/mol. The van der Waals surface area contributed by atoms with Gasteiger partial charge in [0.2, 0.25) is 0 Å². The Labute approximate surface area is 110 Å². The summed E-state index contributed by atoms with van der Waals surface area (Å²) in [5.74, 6) is 0.463. The van der Waals surface area contributed by atoms with Crippen molar-refractivity contribution in [3.63, 3.8) is 0 Å². The highest BCUT2D eigenvalue weighted by molar-refractivity contribution is 5.60. The Balaban J connectivity index is 1.89. The molecule has 0 bridgehead atoms. The van der Waals surface area contributed by atoms with Crippen LogP contribution in [0.3, 0.4) is 0 Å². The fourth-order valence-corrected chi connectivity index (χ4v) is 2.01. The first kappa shape index (κ1) is 11.5. The minimum Gasteiger partial charge on any atom is -0.491 e. The van der Waals surface area contributed by atoms with Crippen molar-refractivity contribution >= 4 is 0 Å².